The van der Waals surface area contributed by atoms with Gasteiger partial charge in [0.05, 0.1) is 11.9 Å². The molecule has 0 saturated heterocycles. The largest absolute Gasteiger partial charge is 0.307 e. The fraction of sp³-hybridized carbons (Fsp3) is 0.571. The highest BCUT2D eigenvalue weighted by Crippen LogP contribution is 2.03. The summed E-state index contributed by atoms with van der Waals surface area (Å²) in [6.07, 6.45) is 5.90. The van der Waals surface area contributed by atoms with Crippen molar-refractivity contribution in [2.45, 2.75) is 47.0 Å². The topological polar surface area (TPSA) is 47.7 Å². The fourth-order valence-electron chi connectivity index (χ4n) is 2.10. The first-order valence-electron chi connectivity index (χ1n) is 6.91. The molecule has 2 heterocycles. The van der Waals surface area contributed by atoms with Crippen LogP contribution in [0.15, 0.2) is 24.7 Å². The van der Waals surface area contributed by atoms with Gasteiger partial charge in [-0.1, -0.05) is 13.8 Å². The molecule has 19 heavy (non-hydrogen) atoms. The number of rotatable bonds is 7. The second-order valence-electron chi connectivity index (χ2n) is 5.21. The predicted octanol–water partition coefficient (Wildman–Crippen LogP) is 2.05. The summed E-state index contributed by atoms with van der Waals surface area (Å²) >= 11 is 0. The van der Waals surface area contributed by atoms with Gasteiger partial charge in [-0.05, 0) is 18.9 Å². The summed E-state index contributed by atoms with van der Waals surface area (Å²) in [5, 5.41) is 12.1. The van der Waals surface area contributed by atoms with Crippen molar-refractivity contribution >= 4 is 0 Å². The van der Waals surface area contributed by atoms with E-state index in [4.69, 9.17) is 0 Å². The molecule has 0 spiro atoms. The molecule has 0 fully saturated rings. The molecule has 0 atom stereocenters. The van der Waals surface area contributed by atoms with Crippen molar-refractivity contribution in [2.75, 3.05) is 0 Å². The minimum Gasteiger partial charge on any atom is -0.307 e. The molecule has 2 rings (SSSR count). The Balaban J connectivity index is 1.81. The van der Waals surface area contributed by atoms with Gasteiger partial charge in [-0.25, -0.2) is 0 Å². The lowest BCUT2D eigenvalue weighted by Crippen LogP contribution is -2.15. The van der Waals surface area contributed by atoms with Gasteiger partial charge in [0, 0.05) is 44.1 Å². The van der Waals surface area contributed by atoms with E-state index in [2.05, 4.69) is 48.5 Å². The second kappa shape index (κ2) is 6.52. The highest BCUT2D eigenvalue weighted by molar-refractivity contribution is 5.05. The van der Waals surface area contributed by atoms with Crippen LogP contribution in [-0.4, -0.2) is 19.6 Å². The third-order valence-electron chi connectivity index (χ3n) is 2.98. The van der Waals surface area contributed by atoms with Gasteiger partial charge in [-0.15, -0.1) is 0 Å². The van der Waals surface area contributed by atoms with E-state index < -0.39 is 0 Å². The molecule has 104 valence electrons. The monoisotopic (exact) mass is 261 g/mol. The Labute approximate surface area is 114 Å². The standard InChI is InChI=1S/C14H23N5/c1-4-19-14(5-6-16-19)9-15-7-13-8-17-18(11-13)10-12(2)3/h5-6,8,11-12,15H,4,7,9-10H2,1-3H3. The first kappa shape index (κ1) is 13.8. The highest BCUT2D eigenvalue weighted by atomic mass is 15.3. The van der Waals surface area contributed by atoms with Crippen molar-refractivity contribution < 1.29 is 0 Å². The van der Waals surface area contributed by atoms with Gasteiger partial charge in [0.1, 0.15) is 0 Å². The number of aryl methyl sites for hydroxylation is 1. The van der Waals surface area contributed by atoms with Crippen LogP contribution in [-0.2, 0) is 26.2 Å². The van der Waals surface area contributed by atoms with Gasteiger partial charge in [-0.2, -0.15) is 10.2 Å². The maximum absolute atomic E-state index is 4.36. The summed E-state index contributed by atoms with van der Waals surface area (Å²) in [6.45, 7) is 10.1. The van der Waals surface area contributed by atoms with E-state index in [1.165, 1.54) is 11.3 Å². The molecule has 1 N–H and O–H groups in total. The number of hydrogen-bond donors (Lipinski definition) is 1. The summed E-state index contributed by atoms with van der Waals surface area (Å²) in [6, 6.07) is 2.05. The zero-order chi connectivity index (χ0) is 13.7. The smallest absolute Gasteiger partial charge is 0.0534 e. The Morgan fingerprint density at radius 2 is 2.11 bits per heavy atom. The first-order chi connectivity index (χ1) is 9.19. The lowest BCUT2D eigenvalue weighted by Gasteiger charge is -2.06. The van der Waals surface area contributed by atoms with Crippen LogP contribution in [0.1, 0.15) is 32.0 Å². The molecule has 5 nitrogen and oxygen atoms in total. The summed E-state index contributed by atoms with van der Waals surface area (Å²) in [4.78, 5) is 0. The molecular formula is C14H23N5. The molecule has 2 aromatic heterocycles. The van der Waals surface area contributed by atoms with Crippen LogP contribution in [0.4, 0.5) is 0 Å². The zero-order valence-corrected chi connectivity index (χ0v) is 12.0. The Morgan fingerprint density at radius 1 is 1.26 bits per heavy atom. The van der Waals surface area contributed by atoms with E-state index in [9.17, 15) is 0 Å². The predicted molar refractivity (Wildman–Crippen MR) is 75.5 cm³/mol. The first-order valence-corrected chi connectivity index (χ1v) is 6.91. The van der Waals surface area contributed by atoms with E-state index in [1.807, 2.05) is 21.8 Å². The zero-order valence-electron chi connectivity index (χ0n) is 12.0. The fourth-order valence-corrected chi connectivity index (χ4v) is 2.10. The molecule has 0 aliphatic heterocycles. The van der Waals surface area contributed by atoms with Gasteiger partial charge in [0.2, 0.25) is 0 Å². The van der Waals surface area contributed by atoms with Crippen molar-refractivity contribution in [3.63, 3.8) is 0 Å². The van der Waals surface area contributed by atoms with Crippen LogP contribution in [0.25, 0.3) is 0 Å². The van der Waals surface area contributed by atoms with E-state index in [-0.39, 0.29) is 0 Å². The van der Waals surface area contributed by atoms with Crippen molar-refractivity contribution in [3.05, 3.63) is 35.9 Å². The Hall–Kier alpha value is -1.62. The molecule has 0 aromatic carbocycles. The minimum absolute atomic E-state index is 0.625. The quantitative estimate of drug-likeness (QED) is 0.829. The van der Waals surface area contributed by atoms with Crippen LogP contribution in [0, 0.1) is 5.92 Å². The van der Waals surface area contributed by atoms with Crippen LogP contribution in [0.2, 0.25) is 0 Å². The van der Waals surface area contributed by atoms with Crippen LogP contribution in [0.5, 0.6) is 0 Å². The molecule has 0 bridgehead atoms. The van der Waals surface area contributed by atoms with Gasteiger partial charge in [-0.3, -0.25) is 9.36 Å². The van der Waals surface area contributed by atoms with Gasteiger partial charge in [0.25, 0.3) is 0 Å². The highest BCUT2D eigenvalue weighted by Gasteiger charge is 2.02. The van der Waals surface area contributed by atoms with E-state index in [0.29, 0.717) is 5.92 Å². The number of hydrogen-bond acceptors (Lipinski definition) is 3. The SMILES string of the molecule is CCn1nccc1CNCc1cnn(CC(C)C)c1. The Morgan fingerprint density at radius 3 is 2.84 bits per heavy atom. The van der Waals surface area contributed by atoms with Crippen LogP contribution in [0.3, 0.4) is 0 Å². The van der Waals surface area contributed by atoms with E-state index >= 15 is 0 Å². The van der Waals surface area contributed by atoms with E-state index in [0.717, 1.165) is 26.2 Å². The molecule has 0 amide bonds. The average molecular weight is 261 g/mol. The van der Waals surface area contributed by atoms with Crippen molar-refractivity contribution in [1.29, 1.82) is 0 Å². The average Bonchev–Trinajstić information content (AvgIpc) is 2.98. The molecule has 0 radical (unpaired) electrons. The van der Waals surface area contributed by atoms with Gasteiger partial charge < -0.3 is 5.32 Å². The second-order valence-corrected chi connectivity index (χ2v) is 5.21. The van der Waals surface area contributed by atoms with Crippen molar-refractivity contribution in [3.8, 4) is 0 Å². The molecule has 0 saturated carbocycles. The minimum atomic E-state index is 0.625. The van der Waals surface area contributed by atoms with Crippen LogP contribution >= 0.6 is 0 Å². The molecule has 2 aromatic rings. The maximum atomic E-state index is 4.36. The van der Waals surface area contributed by atoms with Crippen molar-refractivity contribution in [1.82, 2.24) is 24.9 Å². The lowest BCUT2D eigenvalue weighted by molar-refractivity contribution is 0.482. The summed E-state index contributed by atoms with van der Waals surface area (Å²) in [7, 11) is 0. The number of nitrogens with zero attached hydrogens (tertiary/aromatic N) is 4. The summed E-state index contributed by atoms with van der Waals surface area (Å²) < 4.78 is 4.02. The van der Waals surface area contributed by atoms with E-state index in [1.54, 1.807) is 0 Å². The summed E-state index contributed by atoms with van der Waals surface area (Å²) in [5.74, 6) is 0.625. The van der Waals surface area contributed by atoms with Gasteiger partial charge in [0.15, 0.2) is 0 Å². The molecule has 5 heteroatoms. The van der Waals surface area contributed by atoms with Crippen molar-refractivity contribution in [2.24, 2.45) is 5.92 Å². The van der Waals surface area contributed by atoms with Gasteiger partial charge >= 0.3 is 0 Å². The van der Waals surface area contributed by atoms with Crippen LogP contribution < -0.4 is 5.32 Å². The molecule has 0 aliphatic carbocycles. The molecule has 0 aliphatic rings. The summed E-state index contributed by atoms with van der Waals surface area (Å²) in [5.41, 5.74) is 2.44. The normalized spacial score (nSPS) is 11.4. The molecular weight excluding hydrogens is 238 g/mol. The third kappa shape index (κ3) is 3.92. The molecule has 0 unspecified atom stereocenters. The number of nitrogens with one attached hydrogen (secondary N) is 1. The third-order valence-corrected chi connectivity index (χ3v) is 2.98. The Bertz CT molecular complexity index is 497. The Kier molecular flexibility index (Phi) is 4.74. The number of aromatic nitrogens is 4. The lowest BCUT2D eigenvalue weighted by atomic mass is 10.2. The maximum Gasteiger partial charge on any atom is 0.0534 e.